The summed E-state index contributed by atoms with van der Waals surface area (Å²) in [5, 5.41) is 6.42. The van der Waals surface area contributed by atoms with E-state index in [4.69, 9.17) is 9.26 Å². The first kappa shape index (κ1) is 12.7. The zero-order valence-electron chi connectivity index (χ0n) is 11.0. The van der Waals surface area contributed by atoms with Crippen molar-refractivity contribution in [2.75, 3.05) is 5.32 Å². The number of carbonyl (C=O) groups excluding carboxylic acids is 1. The Morgan fingerprint density at radius 1 is 1.25 bits per heavy atom. The molecular formula is C15H16N2O3. The summed E-state index contributed by atoms with van der Waals surface area (Å²) in [5.74, 6) is 2.16. The van der Waals surface area contributed by atoms with Crippen molar-refractivity contribution in [2.24, 2.45) is 0 Å². The van der Waals surface area contributed by atoms with E-state index in [1.807, 2.05) is 6.07 Å². The highest BCUT2D eigenvalue weighted by Gasteiger charge is 2.21. The van der Waals surface area contributed by atoms with Crippen molar-refractivity contribution in [1.29, 1.82) is 0 Å². The Labute approximate surface area is 116 Å². The average Bonchev–Trinajstić information content (AvgIpc) is 3.10. The second-order valence-electron chi connectivity index (χ2n) is 4.92. The number of benzene rings is 1. The summed E-state index contributed by atoms with van der Waals surface area (Å²) >= 11 is 0. The van der Waals surface area contributed by atoms with Gasteiger partial charge >= 0.3 is 6.09 Å². The van der Waals surface area contributed by atoms with Gasteiger partial charge in [-0.15, -0.1) is 0 Å². The fourth-order valence-electron chi connectivity index (χ4n) is 2.48. The van der Waals surface area contributed by atoms with Crippen LogP contribution in [0.3, 0.4) is 0 Å². The third-order valence-electron chi connectivity index (χ3n) is 3.47. The number of aromatic nitrogens is 1. The molecule has 5 heteroatoms. The summed E-state index contributed by atoms with van der Waals surface area (Å²) in [7, 11) is 0. The molecule has 0 bridgehead atoms. The van der Waals surface area contributed by atoms with E-state index in [9.17, 15) is 4.79 Å². The molecule has 1 saturated carbocycles. The molecule has 3 rings (SSSR count). The van der Waals surface area contributed by atoms with E-state index in [0.717, 1.165) is 18.6 Å². The van der Waals surface area contributed by atoms with Gasteiger partial charge in [-0.1, -0.05) is 36.2 Å². The molecule has 0 atom stereocenters. The molecule has 1 N–H and O–H groups in total. The topological polar surface area (TPSA) is 64.4 Å². The number of hydrogen-bond acceptors (Lipinski definition) is 4. The third kappa shape index (κ3) is 2.99. The number of anilines is 1. The van der Waals surface area contributed by atoms with Crippen LogP contribution < -0.4 is 10.1 Å². The quantitative estimate of drug-likeness (QED) is 0.919. The normalized spacial score (nSPS) is 15.2. The first-order chi connectivity index (χ1) is 9.81. The smallest absolute Gasteiger partial charge is 0.410 e. The van der Waals surface area contributed by atoms with Crippen molar-refractivity contribution in [3.63, 3.8) is 0 Å². The van der Waals surface area contributed by atoms with Gasteiger partial charge in [0.1, 0.15) is 11.5 Å². The second-order valence-corrected chi connectivity index (χ2v) is 4.92. The maximum Gasteiger partial charge on any atom is 0.418 e. The van der Waals surface area contributed by atoms with E-state index in [1.165, 1.54) is 12.8 Å². The van der Waals surface area contributed by atoms with E-state index >= 15 is 0 Å². The molecule has 0 aliphatic heterocycles. The molecule has 0 radical (unpaired) electrons. The second kappa shape index (κ2) is 5.77. The van der Waals surface area contributed by atoms with Crippen LogP contribution in [-0.4, -0.2) is 11.2 Å². The molecular weight excluding hydrogens is 256 g/mol. The van der Waals surface area contributed by atoms with Crippen LogP contribution in [0.1, 0.15) is 37.4 Å². The summed E-state index contributed by atoms with van der Waals surface area (Å²) < 4.78 is 10.4. The van der Waals surface area contributed by atoms with Crippen LogP contribution in [-0.2, 0) is 0 Å². The first-order valence-electron chi connectivity index (χ1n) is 6.82. The molecule has 0 spiro atoms. The maximum absolute atomic E-state index is 11.7. The Morgan fingerprint density at radius 2 is 2.00 bits per heavy atom. The van der Waals surface area contributed by atoms with Gasteiger partial charge < -0.3 is 9.26 Å². The van der Waals surface area contributed by atoms with Crippen LogP contribution in [0.15, 0.2) is 40.9 Å². The maximum atomic E-state index is 11.7. The van der Waals surface area contributed by atoms with Gasteiger partial charge in [0.15, 0.2) is 5.82 Å². The minimum Gasteiger partial charge on any atom is -0.410 e. The lowest BCUT2D eigenvalue weighted by atomic mass is 10.1. The number of nitrogens with one attached hydrogen (secondary N) is 1. The summed E-state index contributed by atoms with van der Waals surface area (Å²) in [5.41, 5.74) is 0. The van der Waals surface area contributed by atoms with E-state index in [2.05, 4.69) is 10.5 Å². The molecule has 104 valence electrons. The predicted octanol–water partition coefficient (Wildman–Crippen LogP) is 3.94. The van der Waals surface area contributed by atoms with Gasteiger partial charge in [0, 0.05) is 12.0 Å². The number of amides is 1. The molecule has 1 aliphatic carbocycles. The van der Waals surface area contributed by atoms with Gasteiger partial charge in [-0.05, 0) is 25.0 Å². The zero-order chi connectivity index (χ0) is 13.8. The molecule has 5 nitrogen and oxygen atoms in total. The molecule has 0 unspecified atom stereocenters. The number of ether oxygens (including phenoxy) is 1. The highest BCUT2D eigenvalue weighted by atomic mass is 16.6. The van der Waals surface area contributed by atoms with Gasteiger partial charge in [0.25, 0.3) is 0 Å². The van der Waals surface area contributed by atoms with Gasteiger partial charge in [-0.25, -0.2) is 4.79 Å². The van der Waals surface area contributed by atoms with Crippen LogP contribution in [0.25, 0.3) is 0 Å². The number of para-hydroxylation sites is 1. The monoisotopic (exact) mass is 272 g/mol. The number of carbonyl (C=O) groups is 1. The van der Waals surface area contributed by atoms with Gasteiger partial charge in [-0.3, -0.25) is 5.32 Å². The Balaban J connectivity index is 1.59. The molecule has 0 saturated heterocycles. The van der Waals surface area contributed by atoms with Gasteiger partial charge in [-0.2, -0.15) is 0 Å². The minimum absolute atomic E-state index is 0.396. The molecule has 20 heavy (non-hydrogen) atoms. The lowest BCUT2D eigenvalue weighted by Crippen LogP contribution is -2.16. The summed E-state index contributed by atoms with van der Waals surface area (Å²) in [6.45, 7) is 0. The molecule has 1 amide bonds. The number of rotatable bonds is 3. The Morgan fingerprint density at radius 3 is 2.75 bits per heavy atom. The van der Waals surface area contributed by atoms with E-state index in [1.54, 1.807) is 30.3 Å². The zero-order valence-corrected chi connectivity index (χ0v) is 11.0. The lowest BCUT2D eigenvalue weighted by molar-refractivity contribution is 0.215. The third-order valence-corrected chi connectivity index (χ3v) is 3.47. The Bertz CT molecular complexity index is 574. The lowest BCUT2D eigenvalue weighted by Gasteiger charge is -2.03. The van der Waals surface area contributed by atoms with Crippen LogP contribution >= 0.6 is 0 Å². The highest BCUT2D eigenvalue weighted by molar-refractivity contribution is 5.85. The van der Waals surface area contributed by atoms with Crippen LogP contribution in [0.2, 0.25) is 0 Å². The van der Waals surface area contributed by atoms with Gasteiger partial charge in [0.2, 0.25) is 0 Å². The Kier molecular flexibility index (Phi) is 3.67. The van der Waals surface area contributed by atoms with Crippen molar-refractivity contribution >= 4 is 11.9 Å². The van der Waals surface area contributed by atoms with Crippen molar-refractivity contribution in [1.82, 2.24) is 5.16 Å². The molecule has 1 aromatic heterocycles. The summed E-state index contributed by atoms with van der Waals surface area (Å²) in [6, 6.07) is 10.7. The predicted molar refractivity (Wildman–Crippen MR) is 73.8 cm³/mol. The highest BCUT2D eigenvalue weighted by Crippen LogP contribution is 2.34. The molecule has 1 aromatic carbocycles. The standard InChI is InChI=1S/C15H16N2O3/c18-15(19-12-8-2-1-3-9-12)16-14-10-13(20-17-14)11-6-4-5-7-11/h1-3,8-11H,4-7H2,(H,16,17,18). The van der Waals surface area contributed by atoms with E-state index in [-0.39, 0.29) is 0 Å². The van der Waals surface area contributed by atoms with E-state index < -0.39 is 6.09 Å². The van der Waals surface area contributed by atoms with Crippen LogP contribution in [0.5, 0.6) is 5.75 Å². The van der Waals surface area contributed by atoms with Gasteiger partial charge in [0.05, 0.1) is 0 Å². The Hall–Kier alpha value is -2.30. The average molecular weight is 272 g/mol. The molecule has 1 fully saturated rings. The van der Waals surface area contributed by atoms with Crippen molar-refractivity contribution in [3.05, 3.63) is 42.2 Å². The SMILES string of the molecule is O=C(Nc1cc(C2CCCC2)on1)Oc1ccccc1. The van der Waals surface area contributed by atoms with Crippen molar-refractivity contribution < 1.29 is 14.1 Å². The fourth-order valence-corrected chi connectivity index (χ4v) is 2.48. The van der Waals surface area contributed by atoms with Crippen molar-refractivity contribution in [2.45, 2.75) is 31.6 Å². The molecule has 1 aliphatic rings. The summed E-state index contributed by atoms with van der Waals surface area (Å²) in [6.07, 6.45) is 4.14. The number of hydrogen-bond donors (Lipinski definition) is 1. The first-order valence-corrected chi connectivity index (χ1v) is 6.82. The summed E-state index contributed by atoms with van der Waals surface area (Å²) in [4.78, 5) is 11.7. The molecule has 2 aromatic rings. The minimum atomic E-state index is -0.567. The largest absolute Gasteiger partial charge is 0.418 e. The fraction of sp³-hybridized carbons (Fsp3) is 0.333. The number of nitrogens with zero attached hydrogens (tertiary/aromatic N) is 1. The van der Waals surface area contributed by atoms with Crippen molar-refractivity contribution in [3.8, 4) is 5.75 Å². The van der Waals surface area contributed by atoms with Crippen LogP contribution in [0, 0.1) is 0 Å². The molecule has 1 heterocycles. The van der Waals surface area contributed by atoms with Crippen LogP contribution in [0.4, 0.5) is 10.6 Å². The van der Waals surface area contributed by atoms with E-state index in [0.29, 0.717) is 17.5 Å².